The Morgan fingerprint density at radius 2 is 2.14 bits per heavy atom. The fourth-order valence-corrected chi connectivity index (χ4v) is 3.53. The van der Waals surface area contributed by atoms with Gasteiger partial charge in [-0.1, -0.05) is 24.3 Å². The van der Waals surface area contributed by atoms with E-state index in [1.165, 1.54) is 25.9 Å². The van der Waals surface area contributed by atoms with Crippen LogP contribution in [0.3, 0.4) is 0 Å². The Balaban J connectivity index is 1.85. The van der Waals surface area contributed by atoms with Gasteiger partial charge in [0.25, 0.3) is 0 Å². The molecular formula is C13H15N. The predicted octanol–water partition coefficient (Wildman–Crippen LogP) is 2.24. The van der Waals surface area contributed by atoms with Gasteiger partial charge < -0.3 is 0 Å². The van der Waals surface area contributed by atoms with E-state index in [1.54, 1.807) is 11.1 Å². The summed E-state index contributed by atoms with van der Waals surface area (Å²) in [6.45, 7) is 2.68. The molecule has 3 aliphatic rings. The zero-order valence-corrected chi connectivity index (χ0v) is 8.32. The topological polar surface area (TPSA) is 3.24 Å². The lowest BCUT2D eigenvalue weighted by Gasteiger charge is -2.33. The van der Waals surface area contributed by atoms with Crippen LogP contribution in [0.15, 0.2) is 24.3 Å². The SMILES string of the molecule is c1ccc2c(c1)CCN1CC3CC3C21. The van der Waals surface area contributed by atoms with Gasteiger partial charge in [-0.2, -0.15) is 0 Å². The van der Waals surface area contributed by atoms with Crippen LogP contribution in [-0.4, -0.2) is 18.0 Å². The predicted molar refractivity (Wildman–Crippen MR) is 56.1 cm³/mol. The lowest BCUT2D eigenvalue weighted by atomic mass is 9.91. The van der Waals surface area contributed by atoms with E-state index in [4.69, 9.17) is 0 Å². The quantitative estimate of drug-likeness (QED) is 0.599. The third-order valence-corrected chi connectivity index (χ3v) is 4.29. The van der Waals surface area contributed by atoms with Crippen molar-refractivity contribution in [1.82, 2.24) is 4.90 Å². The van der Waals surface area contributed by atoms with E-state index in [0.717, 1.165) is 17.9 Å². The van der Waals surface area contributed by atoms with Crippen LogP contribution in [0.25, 0.3) is 0 Å². The average Bonchev–Trinajstić information content (AvgIpc) is 2.90. The van der Waals surface area contributed by atoms with Crippen molar-refractivity contribution in [3.8, 4) is 0 Å². The van der Waals surface area contributed by atoms with E-state index in [0.29, 0.717) is 0 Å². The Labute approximate surface area is 84.7 Å². The summed E-state index contributed by atoms with van der Waals surface area (Å²) in [5.74, 6) is 2.06. The molecule has 0 bridgehead atoms. The molecule has 1 aromatic carbocycles. The maximum atomic E-state index is 2.71. The molecular weight excluding hydrogens is 170 g/mol. The highest BCUT2D eigenvalue weighted by Crippen LogP contribution is 2.57. The first kappa shape index (κ1) is 7.47. The van der Waals surface area contributed by atoms with Crippen molar-refractivity contribution >= 4 is 0 Å². The Morgan fingerprint density at radius 3 is 3.14 bits per heavy atom. The van der Waals surface area contributed by atoms with Gasteiger partial charge >= 0.3 is 0 Å². The number of hydrogen-bond donors (Lipinski definition) is 0. The summed E-state index contributed by atoms with van der Waals surface area (Å²) < 4.78 is 0. The smallest absolute Gasteiger partial charge is 0.0382 e. The molecule has 3 atom stereocenters. The highest BCUT2D eigenvalue weighted by molar-refractivity contribution is 5.35. The van der Waals surface area contributed by atoms with Gasteiger partial charge in [0.05, 0.1) is 0 Å². The highest BCUT2D eigenvalue weighted by Gasteiger charge is 2.53. The van der Waals surface area contributed by atoms with Crippen molar-refractivity contribution in [1.29, 1.82) is 0 Å². The van der Waals surface area contributed by atoms with Crippen LogP contribution in [0.2, 0.25) is 0 Å². The third kappa shape index (κ3) is 0.838. The molecule has 1 saturated heterocycles. The van der Waals surface area contributed by atoms with Crippen LogP contribution in [0.5, 0.6) is 0 Å². The summed E-state index contributed by atoms with van der Waals surface area (Å²) in [6, 6.07) is 9.87. The number of benzene rings is 1. The number of fused-ring (bicyclic) bond motifs is 5. The second kappa shape index (κ2) is 2.40. The van der Waals surface area contributed by atoms with E-state index in [-0.39, 0.29) is 0 Å². The maximum absolute atomic E-state index is 2.71. The van der Waals surface area contributed by atoms with Crippen molar-refractivity contribution in [2.45, 2.75) is 18.9 Å². The Morgan fingerprint density at radius 1 is 1.21 bits per heavy atom. The maximum Gasteiger partial charge on any atom is 0.0382 e. The minimum absolute atomic E-state index is 0.796. The standard InChI is InChI=1S/C13H15N/c1-2-4-11-9(3-1)5-6-14-8-10-7-12(10)13(11)14/h1-4,10,12-13H,5-8H2. The molecule has 2 aliphatic heterocycles. The summed E-state index contributed by atoms with van der Waals surface area (Å²) in [5, 5.41) is 0. The summed E-state index contributed by atoms with van der Waals surface area (Å²) in [6.07, 6.45) is 2.77. The molecule has 3 unspecified atom stereocenters. The molecule has 0 amide bonds. The number of hydrogen-bond acceptors (Lipinski definition) is 1. The molecule has 0 N–H and O–H groups in total. The molecule has 0 radical (unpaired) electrons. The van der Waals surface area contributed by atoms with Crippen molar-refractivity contribution in [3.05, 3.63) is 35.4 Å². The fraction of sp³-hybridized carbons (Fsp3) is 0.538. The molecule has 72 valence electrons. The molecule has 1 aliphatic carbocycles. The lowest BCUT2D eigenvalue weighted by Crippen LogP contribution is -2.33. The lowest BCUT2D eigenvalue weighted by molar-refractivity contribution is 0.209. The second-order valence-electron chi connectivity index (χ2n) is 5.05. The minimum Gasteiger partial charge on any atom is -0.295 e. The number of rotatable bonds is 0. The Hall–Kier alpha value is -0.820. The largest absolute Gasteiger partial charge is 0.295 e. The summed E-state index contributed by atoms with van der Waals surface area (Å²) in [7, 11) is 0. The Bertz CT molecular complexity index is 385. The summed E-state index contributed by atoms with van der Waals surface area (Å²) in [4.78, 5) is 2.71. The van der Waals surface area contributed by atoms with Gasteiger partial charge in [-0.15, -0.1) is 0 Å². The van der Waals surface area contributed by atoms with Gasteiger partial charge in [0, 0.05) is 19.1 Å². The molecule has 14 heavy (non-hydrogen) atoms. The minimum atomic E-state index is 0.796. The third-order valence-electron chi connectivity index (χ3n) is 4.29. The first-order valence-corrected chi connectivity index (χ1v) is 5.75. The molecule has 1 heteroatoms. The molecule has 1 saturated carbocycles. The van der Waals surface area contributed by atoms with E-state index in [1.807, 2.05) is 0 Å². The van der Waals surface area contributed by atoms with Crippen molar-refractivity contribution in [2.24, 2.45) is 11.8 Å². The van der Waals surface area contributed by atoms with E-state index >= 15 is 0 Å². The fourth-order valence-electron chi connectivity index (χ4n) is 3.53. The van der Waals surface area contributed by atoms with Crippen molar-refractivity contribution < 1.29 is 0 Å². The van der Waals surface area contributed by atoms with Gasteiger partial charge in [0.2, 0.25) is 0 Å². The van der Waals surface area contributed by atoms with Crippen molar-refractivity contribution in [2.75, 3.05) is 13.1 Å². The monoisotopic (exact) mass is 185 g/mol. The zero-order chi connectivity index (χ0) is 9.12. The van der Waals surface area contributed by atoms with Gasteiger partial charge in [0.1, 0.15) is 0 Å². The van der Waals surface area contributed by atoms with Gasteiger partial charge in [-0.25, -0.2) is 0 Å². The molecule has 0 aromatic heterocycles. The highest BCUT2D eigenvalue weighted by atomic mass is 15.2. The molecule has 1 nitrogen and oxygen atoms in total. The molecule has 1 aromatic rings. The Kier molecular flexibility index (Phi) is 1.28. The molecule has 0 spiro atoms. The number of nitrogens with zero attached hydrogens (tertiary/aromatic N) is 1. The molecule has 2 fully saturated rings. The van der Waals surface area contributed by atoms with Crippen LogP contribution in [0.4, 0.5) is 0 Å². The van der Waals surface area contributed by atoms with Gasteiger partial charge in [-0.05, 0) is 35.8 Å². The zero-order valence-electron chi connectivity index (χ0n) is 8.32. The molecule has 4 rings (SSSR count). The van der Waals surface area contributed by atoms with E-state index in [2.05, 4.69) is 29.2 Å². The first-order valence-electron chi connectivity index (χ1n) is 5.75. The normalized spacial score (nSPS) is 38.7. The summed E-state index contributed by atoms with van der Waals surface area (Å²) >= 11 is 0. The van der Waals surface area contributed by atoms with E-state index in [9.17, 15) is 0 Å². The van der Waals surface area contributed by atoms with Crippen LogP contribution in [-0.2, 0) is 6.42 Å². The number of piperidine rings is 1. The molecule has 2 heterocycles. The van der Waals surface area contributed by atoms with Crippen LogP contribution in [0.1, 0.15) is 23.6 Å². The average molecular weight is 185 g/mol. The van der Waals surface area contributed by atoms with Gasteiger partial charge in [-0.3, -0.25) is 4.90 Å². The van der Waals surface area contributed by atoms with Gasteiger partial charge in [0.15, 0.2) is 0 Å². The summed E-state index contributed by atoms with van der Waals surface area (Å²) in [5.41, 5.74) is 3.25. The van der Waals surface area contributed by atoms with Crippen LogP contribution < -0.4 is 0 Å². The first-order chi connectivity index (χ1) is 6.93. The van der Waals surface area contributed by atoms with Crippen LogP contribution in [0, 0.1) is 11.8 Å². The van der Waals surface area contributed by atoms with E-state index < -0.39 is 0 Å². The van der Waals surface area contributed by atoms with Crippen molar-refractivity contribution in [3.63, 3.8) is 0 Å². The second-order valence-corrected chi connectivity index (χ2v) is 5.05. The van der Waals surface area contributed by atoms with Crippen LogP contribution >= 0.6 is 0 Å².